The van der Waals surface area contributed by atoms with Gasteiger partial charge in [-0.2, -0.15) is 5.10 Å². The van der Waals surface area contributed by atoms with E-state index >= 15 is 0 Å². The van der Waals surface area contributed by atoms with Crippen LogP contribution in [0.5, 0.6) is 11.5 Å². The second kappa shape index (κ2) is 13.0. The first kappa shape index (κ1) is 30.9. The summed E-state index contributed by atoms with van der Waals surface area (Å²) in [7, 11) is 1.63. The maximum Gasteiger partial charge on any atom is 0.410 e. The highest BCUT2D eigenvalue weighted by Gasteiger charge is 2.41. The fourth-order valence-electron chi connectivity index (χ4n) is 5.37. The molecule has 2 unspecified atom stereocenters. The number of hydrogen-bond donors (Lipinski definition) is 1. The van der Waals surface area contributed by atoms with Crippen LogP contribution in [0.25, 0.3) is 11.0 Å². The second-order valence-corrected chi connectivity index (χ2v) is 12.0. The van der Waals surface area contributed by atoms with Gasteiger partial charge in [-0.3, -0.25) is 0 Å². The van der Waals surface area contributed by atoms with Crippen molar-refractivity contribution in [3.05, 3.63) is 66.4 Å². The minimum absolute atomic E-state index is 0.0895. The van der Waals surface area contributed by atoms with E-state index < -0.39 is 17.2 Å². The summed E-state index contributed by atoms with van der Waals surface area (Å²) in [6.07, 6.45) is 10.6. The molecule has 1 saturated heterocycles. The molecule has 0 radical (unpaired) electrons. The zero-order chi connectivity index (χ0) is 31.3. The molecule has 1 aromatic carbocycles. The van der Waals surface area contributed by atoms with Crippen LogP contribution in [-0.4, -0.2) is 75.8 Å². The Labute approximate surface area is 257 Å². The first-order valence-corrected chi connectivity index (χ1v) is 15.0. The molecule has 2 aromatic heterocycles. The van der Waals surface area contributed by atoms with Crippen LogP contribution in [0, 0.1) is 0 Å². The summed E-state index contributed by atoms with van der Waals surface area (Å²) in [6.45, 7) is 9.11. The normalized spacial score (nSPS) is 19.9. The van der Waals surface area contributed by atoms with Gasteiger partial charge in [0.2, 0.25) is 5.60 Å². The van der Waals surface area contributed by atoms with E-state index in [2.05, 4.69) is 10.3 Å². The predicted octanol–water partition coefficient (Wildman–Crippen LogP) is 5.50. The van der Waals surface area contributed by atoms with Crippen molar-refractivity contribution in [2.75, 3.05) is 32.1 Å². The fraction of sp³-hybridized carbons (Fsp3) is 0.455. The van der Waals surface area contributed by atoms with Crippen LogP contribution >= 0.6 is 0 Å². The lowest BCUT2D eigenvalue weighted by Gasteiger charge is -2.34. The number of fused-ring (bicyclic) bond motifs is 1. The average molecular weight is 604 g/mol. The number of pyridine rings is 1. The van der Waals surface area contributed by atoms with Crippen molar-refractivity contribution in [3.63, 3.8) is 0 Å². The number of allylic oxidation sites excluding steroid dienone is 2. The number of nitrogens with one attached hydrogen (secondary N) is 1. The minimum atomic E-state index is -1.33. The highest BCUT2D eigenvalue weighted by atomic mass is 16.6. The van der Waals surface area contributed by atoms with Gasteiger partial charge < -0.3 is 29.2 Å². The number of ether oxygens (including phenoxy) is 4. The molecule has 1 aliphatic heterocycles. The Morgan fingerprint density at radius 1 is 1.14 bits per heavy atom. The average Bonchev–Trinajstić information content (AvgIpc) is 3.34. The van der Waals surface area contributed by atoms with Crippen LogP contribution in [0.15, 0.2) is 60.8 Å². The number of anilines is 1. The second-order valence-electron chi connectivity index (χ2n) is 12.0. The van der Waals surface area contributed by atoms with Crippen LogP contribution in [0.2, 0.25) is 0 Å². The lowest BCUT2D eigenvalue weighted by atomic mass is 9.95. The molecule has 234 valence electrons. The molecule has 0 spiro atoms. The molecular weight excluding hydrogens is 562 g/mol. The molecule has 3 heterocycles. The topological polar surface area (TPSA) is 117 Å². The zero-order valence-electron chi connectivity index (χ0n) is 26.0. The molecule has 5 rings (SSSR count). The number of aromatic nitrogens is 3. The number of piperidine rings is 1. The Morgan fingerprint density at radius 3 is 2.61 bits per heavy atom. The first-order valence-electron chi connectivity index (χ1n) is 15.0. The Kier molecular flexibility index (Phi) is 9.12. The largest absolute Gasteiger partial charge is 0.497 e. The zero-order valence-corrected chi connectivity index (χ0v) is 26.0. The SMILES string of the molecule is CCOC(=O)C1(Oc2ccnc3c2c(NC2CCCN(C(=O)OC(C)(C)C)C2)nn3Cc2ccc(OC)cc2)C=CC=CC1. The molecule has 2 atom stereocenters. The number of rotatable bonds is 9. The van der Waals surface area contributed by atoms with E-state index in [0.29, 0.717) is 48.7 Å². The Balaban J connectivity index is 1.51. The Morgan fingerprint density at radius 2 is 1.93 bits per heavy atom. The van der Waals surface area contributed by atoms with E-state index in [1.807, 2.05) is 61.9 Å². The third-order valence-electron chi connectivity index (χ3n) is 7.45. The molecule has 11 heteroatoms. The summed E-state index contributed by atoms with van der Waals surface area (Å²) in [5.41, 5.74) is -0.308. The van der Waals surface area contributed by atoms with E-state index in [9.17, 15) is 9.59 Å². The summed E-state index contributed by atoms with van der Waals surface area (Å²) in [4.78, 5) is 32.5. The number of carbonyl (C=O) groups excluding carboxylic acids is 2. The molecule has 0 bridgehead atoms. The highest BCUT2D eigenvalue weighted by Crippen LogP contribution is 2.37. The van der Waals surface area contributed by atoms with Crippen molar-refractivity contribution >= 4 is 28.9 Å². The van der Waals surface area contributed by atoms with Crippen molar-refractivity contribution in [3.8, 4) is 11.5 Å². The van der Waals surface area contributed by atoms with Gasteiger partial charge >= 0.3 is 12.1 Å². The standard InChI is InChI=1S/C33H41N5O6/c1-6-42-30(39)33(17-8-7-9-18-33)43-26-16-19-34-29-27(26)28(36-38(29)21-23-12-14-25(41-5)15-13-23)35-24-11-10-20-37(22-24)31(40)44-32(2,3)4/h7-9,12-17,19,24H,6,10-11,18,20-22H2,1-5H3,(H,35,36). The van der Waals surface area contributed by atoms with Crippen molar-refractivity contribution in [1.82, 2.24) is 19.7 Å². The smallest absolute Gasteiger partial charge is 0.410 e. The van der Waals surface area contributed by atoms with Crippen molar-refractivity contribution < 1.29 is 28.5 Å². The summed E-state index contributed by atoms with van der Waals surface area (Å²) in [5.74, 6) is 1.31. The van der Waals surface area contributed by atoms with Gasteiger partial charge in [0.1, 0.15) is 22.5 Å². The first-order chi connectivity index (χ1) is 21.1. The highest BCUT2D eigenvalue weighted by molar-refractivity contribution is 5.94. The van der Waals surface area contributed by atoms with E-state index in [1.54, 1.807) is 43.3 Å². The van der Waals surface area contributed by atoms with Crippen LogP contribution in [0.3, 0.4) is 0 Å². The van der Waals surface area contributed by atoms with Crippen molar-refractivity contribution in [1.29, 1.82) is 0 Å². The van der Waals surface area contributed by atoms with Gasteiger partial charge in [0.25, 0.3) is 0 Å². The van der Waals surface area contributed by atoms with Crippen LogP contribution in [0.1, 0.15) is 52.5 Å². The lowest BCUT2D eigenvalue weighted by molar-refractivity contribution is -0.157. The summed E-state index contributed by atoms with van der Waals surface area (Å²) >= 11 is 0. The fourth-order valence-corrected chi connectivity index (χ4v) is 5.37. The number of likely N-dealkylation sites (tertiary alicyclic amines) is 1. The van der Waals surface area contributed by atoms with Gasteiger partial charge in [0.15, 0.2) is 11.5 Å². The number of amides is 1. The number of carbonyl (C=O) groups is 2. The maximum atomic E-state index is 13.2. The third kappa shape index (κ3) is 6.98. The molecular formula is C33H41N5O6. The van der Waals surface area contributed by atoms with Crippen LogP contribution in [0.4, 0.5) is 10.6 Å². The number of nitrogens with zero attached hydrogens (tertiary/aromatic N) is 4. The molecule has 44 heavy (non-hydrogen) atoms. The molecule has 0 saturated carbocycles. The maximum absolute atomic E-state index is 13.2. The molecule has 1 N–H and O–H groups in total. The molecule has 2 aliphatic rings. The monoisotopic (exact) mass is 603 g/mol. The van der Waals surface area contributed by atoms with Crippen LogP contribution in [-0.2, 0) is 20.8 Å². The van der Waals surface area contributed by atoms with Gasteiger partial charge in [-0.15, -0.1) is 0 Å². The predicted molar refractivity (Wildman–Crippen MR) is 167 cm³/mol. The molecule has 3 aromatic rings. The van der Waals surface area contributed by atoms with Gasteiger partial charge in [-0.1, -0.05) is 30.4 Å². The Bertz CT molecular complexity index is 1540. The van der Waals surface area contributed by atoms with Gasteiger partial charge in [0.05, 0.1) is 20.3 Å². The van der Waals surface area contributed by atoms with Crippen LogP contribution < -0.4 is 14.8 Å². The van der Waals surface area contributed by atoms with Crippen molar-refractivity contribution in [2.45, 2.75) is 70.7 Å². The van der Waals surface area contributed by atoms with E-state index in [1.165, 1.54) is 0 Å². The van der Waals surface area contributed by atoms with Gasteiger partial charge in [-0.25, -0.2) is 19.3 Å². The lowest BCUT2D eigenvalue weighted by Crippen LogP contribution is -2.47. The van der Waals surface area contributed by atoms with Gasteiger partial charge in [-0.05, 0) is 70.4 Å². The number of hydrogen-bond acceptors (Lipinski definition) is 9. The summed E-state index contributed by atoms with van der Waals surface area (Å²) in [5, 5.41) is 9.17. The van der Waals surface area contributed by atoms with E-state index in [-0.39, 0.29) is 18.7 Å². The summed E-state index contributed by atoms with van der Waals surface area (Å²) in [6, 6.07) is 9.42. The van der Waals surface area contributed by atoms with E-state index in [0.717, 1.165) is 24.2 Å². The summed E-state index contributed by atoms with van der Waals surface area (Å²) < 4.78 is 24.8. The number of esters is 1. The number of methoxy groups -OCH3 is 1. The minimum Gasteiger partial charge on any atom is -0.497 e. The van der Waals surface area contributed by atoms with E-state index in [4.69, 9.17) is 24.0 Å². The van der Waals surface area contributed by atoms with Gasteiger partial charge in [0, 0.05) is 31.7 Å². The molecule has 1 amide bonds. The molecule has 1 aliphatic carbocycles. The quantitative estimate of drug-likeness (QED) is 0.317. The Hall–Kier alpha value is -4.54. The number of benzene rings is 1. The molecule has 11 nitrogen and oxygen atoms in total. The third-order valence-corrected chi connectivity index (χ3v) is 7.45. The van der Waals surface area contributed by atoms with Crippen molar-refractivity contribution in [2.24, 2.45) is 0 Å². The molecule has 1 fully saturated rings.